The molecule has 0 radical (unpaired) electrons. The summed E-state index contributed by atoms with van der Waals surface area (Å²) in [7, 11) is 0. The highest BCUT2D eigenvalue weighted by atomic mass is 127. The van der Waals surface area contributed by atoms with E-state index in [1.165, 1.54) is 12.1 Å². The highest BCUT2D eigenvalue weighted by Gasteiger charge is 2.26. The number of carbonyl (C=O) groups excluding carboxylic acids is 1. The van der Waals surface area contributed by atoms with Gasteiger partial charge in [-0.3, -0.25) is 4.79 Å². The third-order valence-electron chi connectivity index (χ3n) is 3.50. The number of rotatable bonds is 2. The molecule has 1 aliphatic heterocycles. The molecule has 21 heavy (non-hydrogen) atoms. The summed E-state index contributed by atoms with van der Waals surface area (Å²) >= 11 is 2.21. The van der Waals surface area contributed by atoms with Gasteiger partial charge in [-0.05, 0) is 71.0 Å². The molecule has 0 bridgehead atoms. The fraction of sp³-hybridized carbons (Fsp3) is 0.188. The van der Waals surface area contributed by atoms with Crippen molar-refractivity contribution in [2.24, 2.45) is 0 Å². The van der Waals surface area contributed by atoms with E-state index >= 15 is 0 Å². The number of hydrogen-bond acceptors (Lipinski definition) is 2. The molecule has 2 aromatic rings. The van der Waals surface area contributed by atoms with Crippen molar-refractivity contribution in [2.75, 3.05) is 11.5 Å². The van der Waals surface area contributed by atoms with Crippen LogP contribution in [0.4, 0.5) is 10.1 Å². The van der Waals surface area contributed by atoms with Gasteiger partial charge in [0.2, 0.25) is 0 Å². The second-order valence-electron chi connectivity index (χ2n) is 4.95. The quantitative estimate of drug-likeness (QED) is 0.724. The molecule has 0 N–H and O–H groups in total. The molecule has 2 aromatic carbocycles. The number of hydrogen-bond donors (Lipinski definition) is 0. The van der Waals surface area contributed by atoms with Gasteiger partial charge >= 0.3 is 0 Å². The van der Waals surface area contributed by atoms with E-state index in [0.29, 0.717) is 12.3 Å². The van der Waals surface area contributed by atoms with E-state index in [2.05, 4.69) is 22.6 Å². The lowest BCUT2D eigenvalue weighted by atomic mass is 10.1. The lowest BCUT2D eigenvalue weighted by Crippen LogP contribution is -2.38. The first kappa shape index (κ1) is 14.3. The smallest absolute Gasteiger partial charge is 0.265 e. The Morgan fingerprint density at radius 3 is 2.86 bits per heavy atom. The van der Waals surface area contributed by atoms with Crippen LogP contribution in [0.25, 0.3) is 0 Å². The number of nitrogens with zero attached hydrogens (tertiary/aromatic N) is 1. The lowest BCUT2D eigenvalue weighted by Gasteiger charge is -2.30. The van der Waals surface area contributed by atoms with Crippen LogP contribution in [-0.2, 0) is 11.3 Å². The van der Waals surface area contributed by atoms with Crippen LogP contribution in [0.5, 0.6) is 5.75 Å². The summed E-state index contributed by atoms with van der Waals surface area (Å²) in [5, 5.41) is 0. The van der Waals surface area contributed by atoms with Crippen molar-refractivity contribution in [3.05, 3.63) is 56.9 Å². The van der Waals surface area contributed by atoms with Crippen molar-refractivity contribution in [3.63, 3.8) is 0 Å². The number of fused-ring (bicyclic) bond motifs is 1. The molecule has 0 aromatic heterocycles. The van der Waals surface area contributed by atoms with E-state index in [1.807, 2.05) is 25.1 Å². The van der Waals surface area contributed by atoms with Crippen LogP contribution in [0, 0.1) is 16.3 Å². The predicted molar refractivity (Wildman–Crippen MR) is 87.0 cm³/mol. The van der Waals surface area contributed by atoms with Crippen LogP contribution < -0.4 is 9.64 Å². The monoisotopic (exact) mass is 397 g/mol. The minimum absolute atomic E-state index is 0.0351. The third-order valence-corrected chi connectivity index (χ3v) is 4.17. The second-order valence-corrected chi connectivity index (χ2v) is 6.20. The molecule has 108 valence electrons. The Morgan fingerprint density at radius 1 is 1.29 bits per heavy atom. The maximum Gasteiger partial charge on any atom is 0.265 e. The molecule has 0 saturated heterocycles. The number of benzene rings is 2. The molecule has 0 atom stereocenters. The second kappa shape index (κ2) is 5.63. The molecular weight excluding hydrogens is 384 g/mol. The molecule has 1 amide bonds. The Bertz CT molecular complexity index is 717. The maximum atomic E-state index is 13.2. The number of anilines is 1. The summed E-state index contributed by atoms with van der Waals surface area (Å²) in [6.07, 6.45) is 0. The Balaban J connectivity index is 1.96. The van der Waals surface area contributed by atoms with E-state index in [1.54, 1.807) is 11.0 Å². The standard InChI is InChI=1S/C16H13FINO2/c1-10-6-12(17)3-2-11(10)8-19-14-5-4-13(18)7-15(14)21-9-16(19)20/h2-7H,8-9H2,1H3. The van der Waals surface area contributed by atoms with Crippen LogP contribution >= 0.6 is 22.6 Å². The molecule has 0 unspecified atom stereocenters. The average Bonchev–Trinajstić information content (AvgIpc) is 2.44. The average molecular weight is 397 g/mol. The van der Waals surface area contributed by atoms with E-state index in [0.717, 1.165) is 20.4 Å². The summed E-state index contributed by atoms with van der Waals surface area (Å²) in [6, 6.07) is 10.3. The van der Waals surface area contributed by atoms with Gasteiger partial charge < -0.3 is 9.64 Å². The van der Waals surface area contributed by atoms with Gasteiger partial charge in [-0.1, -0.05) is 6.07 Å². The highest BCUT2D eigenvalue weighted by Crippen LogP contribution is 2.34. The summed E-state index contributed by atoms with van der Waals surface area (Å²) in [6.45, 7) is 2.30. The highest BCUT2D eigenvalue weighted by molar-refractivity contribution is 14.1. The maximum absolute atomic E-state index is 13.2. The largest absolute Gasteiger partial charge is 0.482 e. The topological polar surface area (TPSA) is 29.5 Å². The zero-order valence-electron chi connectivity index (χ0n) is 11.4. The van der Waals surface area contributed by atoms with Crippen LogP contribution in [0.15, 0.2) is 36.4 Å². The molecule has 0 fully saturated rings. The van der Waals surface area contributed by atoms with Crippen LogP contribution in [-0.4, -0.2) is 12.5 Å². The SMILES string of the molecule is Cc1cc(F)ccc1CN1C(=O)COc2cc(I)ccc21. The van der Waals surface area contributed by atoms with E-state index in [9.17, 15) is 9.18 Å². The third kappa shape index (κ3) is 2.88. The molecule has 1 aliphatic rings. The zero-order valence-corrected chi connectivity index (χ0v) is 13.6. The minimum atomic E-state index is -0.264. The van der Waals surface area contributed by atoms with Crippen LogP contribution in [0.1, 0.15) is 11.1 Å². The van der Waals surface area contributed by atoms with Crippen LogP contribution in [0.2, 0.25) is 0 Å². The lowest BCUT2D eigenvalue weighted by molar-refractivity contribution is -0.121. The van der Waals surface area contributed by atoms with Gasteiger partial charge in [0.25, 0.3) is 5.91 Å². The summed E-state index contributed by atoms with van der Waals surface area (Å²) in [4.78, 5) is 13.8. The Kier molecular flexibility index (Phi) is 3.84. The van der Waals surface area contributed by atoms with Crippen molar-refractivity contribution in [3.8, 4) is 5.75 Å². The minimum Gasteiger partial charge on any atom is -0.482 e. The van der Waals surface area contributed by atoms with E-state index < -0.39 is 0 Å². The molecule has 1 heterocycles. The Morgan fingerprint density at radius 2 is 2.10 bits per heavy atom. The number of carbonyl (C=O) groups is 1. The van der Waals surface area contributed by atoms with Crippen LogP contribution in [0.3, 0.4) is 0 Å². The molecule has 3 nitrogen and oxygen atoms in total. The Labute approximate surface area is 135 Å². The fourth-order valence-electron chi connectivity index (χ4n) is 2.36. The van der Waals surface area contributed by atoms with Gasteiger partial charge in [-0.15, -0.1) is 0 Å². The molecule has 0 saturated carbocycles. The van der Waals surface area contributed by atoms with Gasteiger partial charge in [0.1, 0.15) is 11.6 Å². The van der Waals surface area contributed by atoms with Gasteiger partial charge in [-0.2, -0.15) is 0 Å². The summed E-state index contributed by atoms with van der Waals surface area (Å²) < 4.78 is 19.7. The first-order valence-corrected chi connectivity index (χ1v) is 7.60. The van der Waals surface area contributed by atoms with Crippen molar-refractivity contribution < 1.29 is 13.9 Å². The van der Waals surface area contributed by atoms with E-state index in [-0.39, 0.29) is 18.3 Å². The first-order valence-electron chi connectivity index (χ1n) is 6.52. The Hall–Kier alpha value is -1.63. The summed E-state index contributed by atoms with van der Waals surface area (Å²) in [5.74, 6) is 0.355. The van der Waals surface area contributed by atoms with Crippen molar-refractivity contribution in [2.45, 2.75) is 13.5 Å². The normalized spacial score (nSPS) is 13.9. The number of aryl methyl sites for hydroxylation is 1. The molecule has 3 rings (SSSR count). The predicted octanol–water partition coefficient (Wildman–Crippen LogP) is 3.66. The molecule has 0 aliphatic carbocycles. The molecular formula is C16H13FINO2. The fourth-order valence-corrected chi connectivity index (χ4v) is 2.82. The van der Waals surface area contributed by atoms with Gasteiger partial charge in [0, 0.05) is 3.57 Å². The molecule has 0 spiro atoms. The number of amides is 1. The number of ether oxygens (including phenoxy) is 1. The van der Waals surface area contributed by atoms with Gasteiger partial charge in [-0.25, -0.2) is 4.39 Å². The summed E-state index contributed by atoms with van der Waals surface area (Å²) in [5.41, 5.74) is 2.52. The first-order chi connectivity index (χ1) is 10.0. The van der Waals surface area contributed by atoms with E-state index in [4.69, 9.17) is 4.74 Å². The molecule has 5 heteroatoms. The zero-order chi connectivity index (χ0) is 15.0. The number of halogens is 2. The van der Waals surface area contributed by atoms with Gasteiger partial charge in [0.05, 0.1) is 12.2 Å². The van der Waals surface area contributed by atoms with Gasteiger partial charge in [0.15, 0.2) is 6.61 Å². The van der Waals surface area contributed by atoms with Crippen molar-refractivity contribution >= 4 is 34.2 Å². The van der Waals surface area contributed by atoms with Crippen molar-refractivity contribution in [1.82, 2.24) is 0 Å². The van der Waals surface area contributed by atoms with Crippen molar-refractivity contribution in [1.29, 1.82) is 0 Å².